The molecule has 1 spiro atoms. The van der Waals surface area contributed by atoms with Gasteiger partial charge in [-0.1, -0.05) is 18.9 Å². The zero-order chi connectivity index (χ0) is 21.8. The van der Waals surface area contributed by atoms with Gasteiger partial charge in [0.05, 0.1) is 6.54 Å². The lowest BCUT2D eigenvalue weighted by Gasteiger charge is -2.19. The van der Waals surface area contributed by atoms with Crippen LogP contribution < -0.4 is 14.8 Å². The van der Waals surface area contributed by atoms with Crippen LogP contribution in [0.1, 0.15) is 53.0 Å². The first kappa shape index (κ1) is 19.7. The van der Waals surface area contributed by atoms with E-state index in [-0.39, 0.29) is 25.0 Å². The first-order valence-electron chi connectivity index (χ1n) is 10.6. The van der Waals surface area contributed by atoms with Gasteiger partial charge in [0.15, 0.2) is 17.3 Å². The maximum atomic E-state index is 13.1. The molecular formula is C23H25N3O5. The Hall–Kier alpha value is -3.29. The van der Waals surface area contributed by atoms with Crippen molar-refractivity contribution in [2.24, 2.45) is 0 Å². The van der Waals surface area contributed by atoms with E-state index in [4.69, 9.17) is 9.47 Å². The predicted molar refractivity (Wildman–Crippen MR) is 111 cm³/mol. The Labute approximate surface area is 180 Å². The lowest BCUT2D eigenvalue weighted by molar-refractivity contribution is -0.130. The quantitative estimate of drug-likeness (QED) is 0.590. The van der Waals surface area contributed by atoms with Crippen LogP contribution in [0.4, 0.5) is 4.79 Å². The monoisotopic (exact) mass is 423 g/mol. The highest BCUT2D eigenvalue weighted by Crippen LogP contribution is 2.35. The fraction of sp³-hybridized carbons (Fsp3) is 0.435. The van der Waals surface area contributed by atoms with Gasteiger partial charge in [-0.05, 0) is 50.5 Å². The topological polar surface area (TPSA) is 89.9 Å². The van der Waals surface area contributed by atoms with E-state index in [2.05, 4.69) is 9.88 Å². The number of imide groups is 1. The van der Waals surface area contributed by atoms with Crippen molar-refractivity contribution in [2.45, 2.75) is 51.6 Å². The normalized spacial score (nSPS) is 18.8. The minimum absolute atomic E-state index is 0.225. The molecule has 2 aromatic rings. The van der Waals surface area contributed by atoms with E-state index in [0.29, 0.717) is 24.9 Å². The number of nitrogens with zero attached hydrogens (tertiary/aromatic N) is 2. The molecule has 31 heavy (non-hydrogen) atoms. The molecule has 1 saturated heterocycles. The van der Waals surface area contributed by atoms with Gasteiger partial charge in [-0.15, -0.1) is 0 Å². The molecule has 0 atom stereocenters. The van der Waals surface area contributed by atoms with Crippen molar-refractivity contribution in [1.82, 2.24) is 14.8 Å². The number of hydrogen-bond donors (Lipinski definition) is 1. The maximum Gasteiger partial charge on any atom is 0.325 e. The van der Waals surface area contributed by atoms with Crippen LogP contribution in [-0.4, -0.2) is 46.1 Å². The van der Waals surface area contributed by atoms with Gasteiger partial charge in [0.1, 0.15) is 5.54 Å². The highest BCUT2D eigenvalue weighted by atomic mass is 16.7. The molecule has 8 heteroatoms. The number of carbonyl (C=O) groups excluding carboxylic acids is 3. The van der Waals surface area contributed by atoms with E-state index >= 15 is 0 Å². The van der Waals surface area contributed by atoms with Crippen molar-refractivity contribution in [3.8, 4) is 11.5 Å². The molecule has 2 aliphatic heterocycles. The molecule has 3 aliphatic rings. The van der Waals surface area contributed by atoms with Gasteiger partial charge < -0.3 is 19.4 Å². The van der Waals surface area contributed by atoms with Crippen molar-refractivity contribution in [2.75, 3.05) is 13.3 Å². The van der Waals surface area contributed by atoms with E-state index in [9.17, 15) is 14.4 Å². The standard InChI is InChI=1S/C23H25N3O5/c1-14-9-17(15(2)25(14)11-16-5-6-19-20(10-16)31-13-30-19)18(27)12-26-21(28)23(24-22(26)29)7-3-4-8-23/h5-6,9-10H,3-4,7-8,11-13H2,1-2H3,(H,24,29). The summed E-state index contributed by atoms with van der Waals surface area (Å²) in [7, 11) is 0. The number of ketones is 1. The Morgan fingerprint density at radius 1 is 1.10 bits per heavy atom. The van der Waals surface area contributed by atoms with Gasteiger partial charge in [-0.3, -0.25) is 14.5 Å². The van der Waals surface area contributed by atoms with Gasteiger partial charge >= 0.3 is 6.03 Å². The average Bonchev–Trinajstić information content (AvgIpc) is 3.50. The summed E-state index contributed by atoms with van der Waals surface area (Å²) in [6, 6.07) is 7.16. The van der Waals surface area contributed by atoms with Crippen LogP contribution in [0.3, 0.4) is 0 Å². The number of urea groups is 1. The molecule has 1 aromatic heterocycles. The van der Waals surface area contributed by atoms with Crippen LogP contribution in [0.2, 0.25) is 0 Å². The zero-order valence-corrected chi connectivity index (χ0v) is 17.7. The first-order chi connectivity index (χ1) is 14.9. The highest BCUT2D eigenvalue weighted by molar-refractivity contribution is 6.11. The van der Waals surface area contributed by atoms with Crippen LogP contribution in [-0.2, 0) is 11.3 Å². The molecule has 8 nitrogen and oxygen atoms in total. The largest absolute Gasteiger partial charge is 0.454 e. The fourth-order valence-corrected chi connectivity index (χ4v) is 4.91. The van der Waals surface area contributed by atoms with Crippen molar-refractivity contribution < 1.29 is 23.9 Å². The predicted octanol–water partition coefficient (Wildman–Crippen LogP) is 2.93. The van der Waals surface area contributed by atoms with Crippen LogP contribution in [0.5, 0.6) is 11.5 Å². The van der Waals surface area contributed by atoms with Gasteiger partial charge in [0.2, 0.25) is 6.79 Å². The van der Waals surface area contributed by atoms with Gasteiger partial charge in [-0.25, -0.2) is 4.79 Å². The molecule has 5 rings (SSSR count). The van der Waals surface area contributed by atoms with E-state index in [1.807, 2.05) is 38.1 Å². The van der Waals surface area contributed by atoms with Crippen molar-refractivity contribution >= 4 is 17.7 Å². The minimum atomic E-state index is -0.798. The Morgan fingerprint density at radius 3 is 2.61 bits per heavy atom. The highest BCUT2D eigenvalue weighted by Gasteiger charge is 2.52. The molecule has 0 unspecified atom stereocenters. The Kier molecular flexibility index (Phi) is 4.53. The molecule has 1 saturated carbocycles. The molecule has 2 fully saturated rings. The van der Waals surface area contributed by atoms with E-state index in [0.717, 1.165) is 46.2 Å². The third-order valence-electron chi connectivity index (χ3n) is 6.66. The van der Waals surface area contributed by atoms with E-state index in [1.54, 1.807) is 0 Å². The van der Waals surface area contributed by atoms with Crippen LogP contribution in [0, 0.1) is 13.8 Å². The summed E-state index contributed by atoms with van der Waals surface area (Å²) in [5, 5.41) is 2.83. The van der Waals surface area contributed by atoms with Crippen molar-refractivity contribution in [3.05, 3.63) is 46.8 Å². The molecule has 0 bridgehead atoms. The molecule has 0 radical (unpaired) electrons. The summed E-state index contributed by atoms with van der Waals surface area (Å²) in [4.78, 5) is 39.4. The van der Waals surface area contributed by atoms with Crippen molar-refractivity contribution in [1.29, 1.82) is 0 Å². The molecule has 162 valence electrons. The molecule has 1 aliphatic carbocycles. The van der Waals surface area contributed by atoms with Gasteiger partial charge in [0.25, 0.3) is 5.91 Å². The lowest BCUT2D eigenvalue weighted by atomic mass is 9.98. The number of aryl methyl sites for hydroxylation is 1. The number of carbonyl (C=O) groups is 3. The van der Waals surface area contributed by atoms with Crippen LogP contribution in [0.15, 0.2) is 24.3 Å². The molecule has 1 N–H and O–H groups in total. The van der Waals surface area contributed by atoms with Crippen LogP contribution in [0.25, 0.3) is 0 Å². The second-order valence-corrected chi connectivity index (χ2v) is 8.59. The average molecular weight is 423 g/mol. The summed E-state index contributed by atoms with van der Waals surface area (Å²) in [5.41, 5.74) is 2.51. The molecule has 3 amide bonds. The summed E-state index contributed by atoms with van der Waals surface area (Å²) in [6.07, 6.45) is 3.11. The number of Topliss-reactive ketones (excluding diaryl/α,β-unsaturated/α-hetero) is 1. The minimum Gasteiger partial charge on any atom is -0.454 e. The van der Waals surface area contributed by atoms with E-state index in [1.165, 1.54) is 0 Å². The number of fused-ring (bicyclic) bond motifs is 1. The lowest BCUT2D eigenvalue weighted by Crippen LogP contribution is -2.44. The van der Waals surface area contributed by atoms with Gasteiger partial charge in [0, 0.05) is 23.5 Å². The Balaban J connectivity index is 1.35. The molecular weight excluding hydrogens is 398 g/mol. The maximum absolute atomic E-state index is 13.1. The fourth-order valence-electron chi connectivity index (χ4n) is 4.91. The first-order valence-corrected chi connectivity index (χ1v) is 10.6. The number of nitrogens with one attached hydrogen (secondary N) is 1. The van der Waals surface area contributed by atoms with Gasteiger partial charge in [-0.2, -0.15) is 0 Å². The molecule has 1 aromatic carbocycles. The van der Waals surface area contributed by atoms with Crippen molar-refractivity contribution in [3.63, 3.8) is 0 Å². The second kappa shape index (κ2) is 7.14. The van der Waals surface area contributed by atoms with Crippen LogP contribution >= 0.6 is 0 Å². The third kappa shape index (κ3) is 3.17. The summed E-state index contributed by atoms with van der Waals surface area (Å²) in [5.74, 6) is 0.950. The third-order valence-corrected chi connectivity index (χ3v) is 6.66. The zero-order valence-electron chi connectivity index (χ0n) is 17.7. The summed E-state index contributed by atoms with van der Waals surface area (Å²) >= 11 is 0. The number of benzene rings is 1. The SMILES string of the molecule is Cc1cc(C(=O)CN2C(=O)NC3(CCCC3)C2=O)c(C)n1Cc1ccc2c(c1)OCO2. The summed E-state index contributed by atoms with van der Waals surface area (Å²) in [6.45, 7) is 4.40. The summed E-state index contributed by atoms with van der Waals surface area (Å²) < 4.78 is 12.9. The smallest absolute Gasteiger partial charge is 0.325 e. The molecule has 3 heterocycles. The number of rotatable bonds is 5. The number of hydrogen-bond acceptors (Lipinski definition) is 5. The number of aromatic nitrogens is 1. The van der Waals surface area contributed by atoms with E-state index < -0.39 is 11.6 Å². The number of amides is 3. The Bertz CT molecular complexity index is 1100. The second-order valence-electron chi connectivity index (χ2n) is 8.59. The number of ether oxygens (including phenoxy) is 2. The Morgan fingerprint density at radius 2 is 1.84 bits per heavy atom.